The first-order valence-corrected chi connectivity index (χ1v) is 7.46. The van der Waals surface area contributed by atoms with Crippen molar-refractivity contribution in [3.8, 4) is 0 Å². The van der Waals surface area contributed by atoms with Gasteiger partial charge in [0, 0.05) is 0 Å². The van der Waals surface area contributed by atoms with Gasteiger partial charge in [-0.3, -0.25) is 0 Å². The van der Waals surface area contributed by atoms with Crippen LogP contribution in [0.3, 0.4) is 0 Å². The summed E-state index contributed by atoms with van der Waals surface area (Å²) < 4.78 is 23.4. The van der Waals surface area contributed by atoms with Crippen molar-refractivity contribution >= 4 is 9.84 Å². The van der Waals surface area contributed by atoms with Crippen LogP contribution >= 0.6 is 0 Å². The van der Waals surface area contributed by atoms with Gasteiger partial charge >= 0.3 is 0 Å². The van der Waals surface area contributed by atoms with Gasteiger partial charge in [0.15, 0.2) is 9.84 Å². The van der Waals surface area contributed by atoms with E-state index >= 15 is 0 Å². The molecule has 0 radical (unpaired) electrons. The third-order valence-electron chi connectivity index (χ3n) is 3.57. The Labute approximate surface area is 94.4 Å². The standard InChI is InChI=1S/C11H25NO2S/c1-5-11(6-2,9-12)7-8-15(13,14)10(3)4/h10H,5-9,12H2,1-4H3. The van der Waals surface area contributed by atoms with Gasteiger partial charge in [0.25, 0.3) is 0 Å². The zero-order valence-corrected chi connectivity index (χ0v) is 11.2. The molecule has 4 heteroatoms. The topological polar surface area (TPSA) is 60.2 Å². The first-order chi connectivity index (χ1) is 6.83. The SMILES string of the molecule is CCC(CC)(CN)CCS(=O)(=O)C(C)C. The van der Waals surface area contributed by atoms with Gasteiger partial charge < -0.3 is 5.73 Å². The summed E-state index contributed by atoms with van der Waals surface area (Å²) in [4.78, 5) is 0. The minimum absolute atomic E-state index is 0.0158. The van der Waals surface area contributed by atoms with E-state index in [0.717, 1.165) is 12.8 Å². The molecule has 0 heterocycles. The number of rotatable bonds is 7. The van der Waals surface area contributed by atoms with Crippen molar-refractivity contribution in [3.05, 3.63) is 0 Å². The fourth-order valence-corrected chi connectivity index (χ4v) is 2.78. The average molecular weight is 235 g/mol. The predicted octanol–water partition coefficient (Wildman–Crippen LogP) is 1.96. The average Bonchev–Trinajstić information content (AvgIpc) is 2.20. The van der Waals surface area contributed by atoms with Crippen molar-refractivity contribution in [3.63, 3.8) is 0 Å². The largest absolute Gasteiger partial charge is 0.330 e. The molecule has 0 atom stereocenters. The Kier molecular flexibility index (Phi) is 5.81. The second kappa shape index (κ2) is 5.85. The summed E-state index contributed by atoms with van der Waals surface area (Å²) in [7, 11) is -2.92. The van der Waals surface area contributed by atoms with Crippen LogP contribution in [0.2, 0.25) is 0 Å². The fourth-order valence-electron chi connectivity index (χ4n) is 1.59. The summed E-state index contributed by atoms with van der Waals surface area (Å²) in [5.74, 6) is 0.267. The van der Waals surface area contributed by atoms with Gasteiger partial charge in [0.2, 0.25) is 0 Å². The first kappa shape index (κ1) is 14.9. The van der Waals surface area contributed by atoms with Crippen LogP contribution in [-0.2, 0) is 9.84 Å². The Morgan fingerprint density at radius 2 is 1.67 bits per heavy atom. The van der Waals surface area contributed by atoms with Crippen molar-refractivity contribution in [1.82, 2.24) is 0 Å². The van der Waals surface area contributed by atoms with Crippen molar-refractivity contribution in [2.75, 3.05) is 12.3 Å². The van der Waals surface area contributed by atoms with Crippen molar-refractivity contribution < 1.29 is 8.42 Å². The minimum atomic E-state index is -2.92. The molecular weight excluding hydrogens is 210 g/mol. The van der Waals surface area contributed by atoms with Gasteiger partial charge in [0.05, 0.1) is 11.0 Å². The molecule has 0 aliphatic heterocycles. The zero-order valence-electron chi connectivity index (χ0n) is 10.4. The van der Waals surface area contributed by atoms with Gasteiger partial charge in [-0.15, -0.1) is 0 Å². The van der Waals surface area contributed by atoms with Crippen LogP contribution in [0.25, 0.3) is 0 Å². The maximum Gasteiger partial charge on any atom is 0.152 e. The molecule has 0 spiro atoms. The lowest BCUT2D eigenvalue weighted by molar-refractivity contribution is 0.263. The van der Waals surface area contributed by atoms with E-state index in [9.17, 15) is 8.42 Å². The second-order valence-corrected chi connectivity index (χ2v) is 7.25. The molecule has 0 aromatic rings. The lowest BCUT2D eigenvalue weighted by Crippen LogP contribution is -2.32. The highest BCUT2D eigenvalue weighted by Crippen LogP contribution is 2.30. The fraction of sp³-hybridized carbons (Fsp3) is 1.00. The minimum Gasteiger partial charge on any atom is -0.330 e. The molecule has 0 saturated heterocycles. The molecule has 0 aliphatic carbocycles. The van der Waals surface area contributed by atoms with E-state index in [0.29, 0.717) is 13.0 Å². The van der Waals surface area contributed by atoms with Crippen LogP contribution < -0.4 is 5.73 Å². The normalized spacial score (nSPS) is 13.5. The summed E-state index contributed by atoms with van der Waals surface area (Å²) in [5.41, 5.74) is 5.76. The number of hydrogen-bond acceptors (Lipinski definition) is 3. The highest BCUT2D eigenvalue weighted by atomic mass is 32.2. The lowest BCUT2D eigenvalue weighted by atomic mass is 9.80. The molecule has 0 fully saturated rings. The van der Waals surface area contributed by atoms with E-state index in [2.05, 4.69) is 13.8 Å². The molecule has 0 bridgehead atoms. The maximum atomic E-state index is 11.7. The molecule has 0 aliphatic rings. The number of hydrogen-bond donors (Lipinski definition) is 1. The monoisotopic (exact) mass is 235 g/mol. The summed E-state index contributed by atoms with van der Waals surface area (Å²) in [6.07, 6.45) is 2.60. The Morgan fingerprint density at radius 3 is 1.93 bits per heavy atom. The smallest absolute Gasteiger partial charge is 0.152 e. The van der Waals surface area contributed by atoms with Gasteiger partial charge in [-0.1, -0.05) is 13.8 Å². The molecule has 92 valence electrons. The summed E-state index contributed by atoms with van der Waals surface area (Å²) in [6, 6.07) is 0. The van der Waals surface area contributed by atoms with Gasteiger partial charge in [0.1, 0.15) is 0 Å². The van der Waals surface area contributed by atoms with Gasteiger partial charge in [-0.25, -0.2) is 8.42 Å². The highest BCUT2D eigenvalue weighted by molar-refractivity contribution is 7.91. The molecular formula is C11H25NO2S. The van der Waals surface area contributed by atoms with Gasteiger partial charge in [-0.2, -0.15) is 0 Å². The molecule has 15 heavy (non-hydrogen) atoms. The molecule has 0 aromatic heterocycles. The molecule has 2 N–H and O–H groups in total. The first-order valence-electron chi connectivity index (χ1n) is 5.75. The van der Waals surface area contributed by atoms with Crippen molar-refractivity contribution in [2.45, 2.75) is 52.2 Å². The Bertz CT molecular complexity index is 258. The third kappa shape index (κ3) is 4.11. The summed E-state index contributed by atoms with van der Waals surface area (Å²) >= 11 is 0. The van der Waals surface area contributed by atoms with Crippen LogP contribution in [0.1, 0.15) is 47.0 Å². The molecule has 3 nitrogen and oxygen atoms in total. The Morgan fingerprint density at radius 1 is 1.20 bits per heavy atom. The summed E-state index contributed by atoms with van der Waals surface area (Å²) in [5, 5.41) is -0.276. The van der Waals surface area contributed by atoms with Crippen molar-refractivity contribution in [1.29, 1.82) is 0 Å². The number of nitrogens with two attached hydrogens (primary N) is 1. The molecule has 0 aromatic carbocycles. The second-order valence-electron chi connectivity index (χ2n) is 4.58. The van der Waals surface area contributed by atoms with E-state index in [1.54, 1.807) is 13.8 Å². The van der Waals surface area contributed by atoms with Crippen LogP contribution in [-0.4, -0.2) is 26.0 Å². The maximum absolute atomic E-state index is 11.7. The van der Waals surface area contributed by atoms with Crippen LogP contribution in [0.4, 0.5) is 0 Å². The predicted molar refractivity (Wildman–Crippen MR) is 65.6 cm³/mol. The Hall–Kier alpha value is -0.0900. The summed E-state index contributed by atoms with van der Waals surface area (Å²) in [6.45, 7) is 8.21. The molecule has 0 saturated carbocycles. The van der Waals surface area contributed by atoms with Gasteiger partial charge in [-0.05, 0) is 45.1 Å². The van der Waals surface area contributed by atoms with E-state index in [1.165, 1.54) is 0 Å². The van der Waals surface area contributed by atoms with E-state index in [4.69, 9.17) is 5.73 Å². The van der Waals surface area contributed by atoms with E-state index in [-0.39, 0.29) is 16.4 Å². The zero-order chi connectivity index (χ0) is 12.1. The van der Waals surface area contributed by atoms with Crippen molar-refractivity contribution in [2.24, 2.45) is 11.1 Å². The molecule has 0 rings (SSSR count). The third-order valence-corrected chi connectivity index (χ3v) is 5.78. The van der Waals surface area contributed by atoms with E-state index in [1.807, 2.05) is 0 Å². The van der Waals surface area contributed by atoms with Crippen LogP contribution in [0, 0.1) is 5.41 Å². The van der Waals surface area contributed by atoms with Crippen LogP contribution in [0.15, 0.2) is 0 Å². The Balaban J connectivity index is 4.48. The number of sulfone groups is 1. The molecule has 0 amide bonds. The quantitative estimate of drug-likeness (QED) is 0.734. The highest BCUT2D eigenvalue weighted by Gasteiger charge is 2.27. The van der Waals surface area contributed by atoms with Crippen LogP contribution in [0.5, 0.6) is 0 Å². The lowest BCUT2D eigenvalue weighted by Gasteiger charge is -2.30. The molecule has 0 unspecified atom stereocenters. The van der Waals surface area contributed by atoms with E-state index < -0.39 is 9.84 Å².